The summed E-state index contributed by atoms with van der Waals surface area (Å²) in [7, 11) is 0. The second kappa shape index (κ2) is 6.29. The Hall–Kier alpha value is 0.170. The molecule has 3 nitrogen and oxygen atoms in total. The van der Waals surface area contributed by atoms with E-state index in [0.29, 0.717) is 0 Å². The molecule has 0 fully saturated rings. The molecule has 1 atom stereocenters. The van der Waals surface area contributed by atoms with Crippen LogP contribution in [0.1, 0.15) is 13.8 Å². The van der Waals surface area contributed by atoms with Crippen molar-refractivity contribution in [3.05, 3.63) is 0 Å². The summed E-state index contributed by atoms with van der Waals surface area (Å²) in [4.78, 5) is 4.41. The molecule has 0 bridgehead atoms. The third-order valence-electron chi connectivity index (χ3n) is 1.10. The number of aliphatic hydroxyl groups is 1. The summed E-state index contributed by atoms with van der Waals surface area (Å²) in [5.74, 6) is 5.11. The van der Waals surface area contributed by atoms with E-state index < -0.39 is 0 Å². The lowest BCUT2D eigenvalue weighted by atomic mass is 10.1. The van der Waals surface area contributed by atoms with Crippen LogP contribution in [0.15, 0.2) is 0 Å². The van der Waals surface area contributed by atoms with Gasteiger partial charge in [-0.05, 0) is 5.92 Å². The van der Waals surface area contributed by atoms with Gasteiger partial charge in [0.25, 0.3) is 0 Å². The number of aliphatic hydroxyl groups excluding tert-OH is 1. The topological polar surface area (TPSA) is 55.5 Å². The van der Waals surface area contributed by atoms with Crippen LogP contribution in [0, 0.1) is 5.92 Å². The van der Waals surface area contributed by atoms with Gasteiger partial charge >= 0.3 is 0 Å². The van der Waals surface area contributed by atoms with E-state index in [0.717, 1.165) is 0 Å². The summed E-state index contributed by atoms with van der Waals surface area (Å²) < 4.78 is 0. The maximum Gasteiger partial charge on any atom is 0.104 e. The van der Waals surface area contributed by atoms with E-state index in [1.165, 1.54) is 0 Å². The Morgan fingerprint density at radius 2 is 2.00 bits per heavy atom. The van der Waals surface area contributed by atoms with Crippen LogP contribution >= 0.6 is 12.4 Å². The second-order valence-electron chi connectivity index (χ2n) is 2.10. The smallest absolute Gasteiger partial charge is 0.104 e. The third-order valence-corrected chi connectivity index (χ3v) is 1.10. The van der Waals surface area contributed by atoms with Gasteiger partial charge < -0.3 is 5.11 Å². The number of hydrogen-bond acceptors (Lipinski definition) is 3. The van der Waals surface area contributed by atoms with Crippen molar-refractivity contribution in [2.24, 2.45) is 11.8 Å². The van der Waals surface area contributed by atoms with Crippen LogP contribution in [0.3, 0.4) is 0 Å². The van der Waals surface area contributed by atoms with Gasteiger partial charge in [0.1, 0.15) is 6.10 Å². The minimum absolute atomic E-state index is 0. The van der Waals surface area contributed by atoms with Gasteiger partial charge in [-0.15, -0.1) is 12.4 Å². The molecule has 0 saturated carbocycles. The van der Waals surface area contributed by atoms with Gasteiger partial charge in [0.15, 0.2) is 0 Å². The van der Waals surface area contributed by atoms with Crippen LogP contribution in [0.5, 0.6) is 0 Å². The minimum atomic E-state index is -0.213. The molecule has 0 aromatic rings. The number of nitrogens with two attached hydrogens (primary N) is 1. The highest BCUT2D eigenvalue weighted by atomic mass is 35.5. The third kappa shape index (κ3) is 4.66. The summed E-state index contributed by atoms with van der Waals surface area (Å²) in [6.45, 7) is 3.87. The minimum Gasteiger partial charge on any atom is -0.394 e. The second-order valence-corrected chi connectivity index (χ2v) is 2.10. The predicted octanol–water partition coefficient (Wildman–Crippen LogP) is 0.315. The summed E-state index contributed by atoms with van der Waals surface area (Å²) >= 11 is 0. The van der Waals surface area contributed by atoms with E-state index in [9.17, 15) is 0 Å². The highest BCUT2D eigenvalue weighted by molar-refractivity contribution is 5.85. The van der Waals surface area contributed by atoms with Crippen LogP contribution in [0.4, 0.5) is 0 Å². The van der Waals surface area contributed by atoms with Crippen LogP contribution in [-0.2, 0) is 4.84 Å². The quantitative estimate of drug-likeness (QED) is 0.577. The van der Waals surface area contributed by atoms with Crippen LogP contribution in [-0.4, -0.2) is 17.8 Å². The first-order valence-electron chi connectivity index (χ1n) is 2.68. The molecule has 0 radical (unpaired) electrons. The number of hydrogen-bond donors (Lipinski definition) is 2. The zero-order valence-corrected chi connectivity index (χ0v) is 6.52. The molecule has 4 heteroatoms. The van der Waals surface area contributed by atoms with Crippen LogP contribution < -0.4 is 5.90 Å². The lowest BCUT2D eigenvalue weighted by Gasteiger charge is -2.13. The summed E-state index contributed by atoms with van der Waals surface area (Å²) in [6, 6.07) is 0. The summed E-state index contributed by atoms with van der Waals surface area (Å²) in [5.41, 5.74) is 0. The highest BCUT2D eigenvalue weighted by Crippen LogP contribution is 2.01. The molecule has 0 aliphatic heterocycles. The van der Waals surface area contributed by atoms with Crippen molar-refractivity contribution in [3.63, 3.8) is 0 Å². The molecule has 0 heterocycles. The SMILES string of the molecule is CC(C)C(CO)ON.Cl. The molecule has 0 aliphatic rings. The average Bonchev–Trinajstić information content (AvgIpc) is 1.69. The lowest BCUT2D eigenvalue weighted by Crippen LogP contribution is -2.26. The number of halogens is 1. The molecule has 0 amide bonds. The Kier molecular flexibility index (Phi) is 8.32. The normalized spacial score (nSPS) is 13.0. The Labute approximate surface area is 61.6 Å². The Morgan fingerprint density at radius 3 is 2.00 bits per heavy atom. The molecular formula is C5H14ClNO2. The van der Waals surface area contributed by atoms with Crippen molar-refractivity contribution in [1.29, 1.82) is 0 Å². The van der Waals surface area contributed by atoms with E-state index in [4.69, 9.17) is 11.0 Å². The zero-order valence-electron chi connectivity index (χ0n) is 5.70. The first-order valence-corrected chi connectivity index (χ1v) is 2.68. The van der Waals surface area contributed by atoms with Gasteiger partial charge in [0.2, 0.25) is 0 Å². The first kappa shape index (κ1) is 11.9. The number of rotatable bonds is 3. The van der Waals surface area contributed by atoms with Crippen molar-refractivity contribution < 1.29 is 9.94 Å². The van der Waals surface area contributed by atoms with Gasteiger partial charge in [-0.3, -0.25) is 4.84 Å². The van der Waals surface area contributed by atoms with Crippen molar-refractivity contribution in [2.45, 2.75) is 20.0 Å². The average molecular weight is 156 g/mol. The van der Waals surface area contributed by atoms with Gasteiger partial charge in [0.05, 0.1) is 6.61 Å². The fraction of sp³-hybridized carbons (Fsp3) is 1.00. The monoisotopic (exact) mass is 155 g/mol. The first-order chi connectivity index (χ1) is 3.72. The molecule has 0 saturated heterocycles. The standard InChI is InChI=1S/C5H13NO2.ClH/c1-4(2)5(3-7)8-6;/h4-5,7H,3,6H2,1-2H3;1H. The fourth-order valence-electron chi connectivity index (χ4n) is 0.411. The van der Waals surface area contributed by atoms with E-state index >= 15 is 0 Å². The molecule has 3 N–H and O–H groups in total. The van der Waals surface area contributed by atoms with E-state index in [2.05, 4.69) is 4.84 Å². The lowest BCUT2D eigenvalue weighted by molar-refractivity contribution is -0.0155. The molecule has 58 valence electrons. The molecule has 0 aromatic carbocycles. The molecule has 1 unspecified atom stereocenters. The molecular weight excluding hydrogens is 142 g/mol. The van der Waals surface area contributed by atoms with E-state index in [-0.39, 0.29) is 31.0 Å². The largest absolute Gasteiger partial charge is 0.394 e. The highest BCUT2D eigenvalue weighted by Gasteiger charge is 2.09. The van der Waals surface area contributed by atoms with Crippen LogP contribution in [0.2, 0.25) is 0 Å². The fourth-order valence-corrected chi connectivity index (χ4v) is 0.411. The van der Waals surface area contributed by atoms with E-state index in [1.54, 1.807) is 0 Å². The predicted molar refractivity (Wildman–Crippen MR) is 38.2 cm³/mol. The van der Waals surface area contributed by atoms with Gasteiger partial charge in [0, 0.05) is 0 Å². The Bertz CT molecular complexity index is 56.9. The Morgan fingerprint density at radius 1 is 1.56 bits per heavy atom. The van der Waals surface area contributed by atoms with Crippen molar-refractivity contribution in [3.8, 4) is 0 Å². The molecule has 0 aromatic heterocycles. The van der Waals surface area contributed by atoms with Crippen molar-refractivity contribution in [1.82, 2.24) is 0 Å². The van der Waals surface area contributed by atoms with Gasteiger partial charge in [-0.25, -0.2) is 5.90 Å². The summed E-state index contributed by atoms with van der Waals surface area (Å²) in [6.07, 6.45) is -0.213. The molecule has 0 spiro atoms. The maximum absolute atomic E-state index is 8.49. The zero-order chi connectivity index (χ0) is 6.57. The van der Waals surface area contributed by atoms with Gasteiger partial charge in [-0.1, -0.05) is 13.8 Å². The van der Waals surface area contributed by atoms with E-state index in [1.807, 2.05) is 13.8 Å². The Balaban J connectivity index is 0. The van der Waals surface area contributed by atoms with Crippen LogP contribution in [0.25, 0.3) is 0 Å². The molecule has 0 rings (SSSR count). The van der Waals surface area contributed by atoms with Crippen molar-refractivity contribution >= 4 is 12.4 Å². The molecule has 9 heavy (non-hydrogen) atoms. The van der Waals surface area contributed by atoms with Gasteiger partial charge in [-0.2, -0.15) is 0 Å². The maximum atomic E-state index is 8.49. The molecule has 0 aliphatic carbocycles. The summed E-state index contributed by atoms with van der Waals surface area (Å²) in [5, 5.41) is 8.49. The van der Waals surface area contributed by atoms with Crippen molar-refractivity contribution in [2.75, 3.05) is 6.61 Å².